The van der Waals surface area contributed by atoms with Gasteiger partial charge in [-0.25, -0.2) is 22.8 Å². The Morgan fingerprint density at radius 3 is 2.47 bits per heavy atom. The van der Waals surface area contributed by atoms with Gasteiger partial charge in [0, 0.05) is 49.6 Å². The number of para-hydroxylation sites is 1. The lowest BCUT2D eigenvalue weighted by atomic mass is 10.2. The third kappa shape index (κ3) is 4.61. The van der Waals surface area contributed by atoms with Crippen LogP contribution in [0.1, 0.15) is 13.0 Å². The number of hydrogen-bond acceptors (Lipinski definition) is 6. The Labute approximate surface area is 208 Å². The number of nitrogens with zero attached hydrogens (tertiary/aromatic N) is 5. The van der Waals surface area contributed by atoms with Crippen LogP contribution in [0.25, 0.3) is 10.9 Å². The van der Waals surface area contributed by atoms with Gasteiger partial charge in [0.25, 0.3) is 10.0 Å². The van der Waals surface area contributed by atoms with Crippen molar-refractivity contribution in [1.82, 2.24) is 19.4 Å². The summed E-state index contributed by atoms with van der Waals surface area (Å²) >= 11 is 0. The number of anilines is 2. The van der Waals surface area contributed by atoms with Crippen molar-refractivity contribution in [2.75, 3.05) is 35.8 Å². The van der Waals surface area contributed by atoms with E-state index in [-0.39, 0.29) is 22.4 Å². The summed E-state index contributed by atoms with van der Waals surface area (Å²) in [5, 5.41) is 0.761. The number of hydrogen-bond donors (Lipinski definition) is 1. The standard InChI is InChI=1S/C25H25FN6O3S/c1-18(32-12-10-19-3-2-4-22(26)24(19)32)25(33)31-15-13-30(14-16-31)20-5-7-21(8-6-20)36(34,35)29-23-9-11-27-17-28-23/h2-12,17-18H,13-16H2,1H3,(H,27,28,29). The first-order valence-electron chi connectivity index (χ1n) is 11.5. The number of rotatable bonds is 6. The van der Waals surface area contributed by atoms with Crippen molar-refractivity contribution in [3.8, 4) is 0 Å². The highest BCUT2D eigenvalue weighted by Crippen LogP contribution is 2.25. The molecule has 0 spiro atoms. The molecule has 4 aromatic rings. The second-order valence-electron chi connectivity index (χ2n) is 8.58. The normalized spacial score (nSPS) is 15.2. The number of fused-ring (bicyclic) bond motifs is 1. The van der Waals surface area contributed by atoms with Gasteiger partial charge in [-0.05, 0) is 49.4 Å². The molecule has 3 heterocycles. The molecule has 0 radical (unpaired) electrons. The number of sulfonamides is 1. The first-order valence-corrected chi connectivity index (χ1v) is 13.0. The number of amides is 1. The van der Waals surface area contributed by atoms with Crippen LogP contribution < -0.4 is 9.62 Å². The van der Waals surface area contributed by atoms with E-state index in [0.717, 1.165) is 11.1 Å². The Morgan fingerprint density at radius 2 is 1.78 bits per heavy atom. The maximum atomic E-state index is 14.4. The summed E-state index contributed by atoms with van der Waals surface area (Å²) in [5.74, 6) is -0.216. The summed E-state index contributed by atoms with van der Waals surface area (Å²) in [5.41, 5.74) is 1.30. The van der Waals surface area contributed by atoms with Gasteiger partial charge in [-0.2, -0.15) is 0 Å². The molecule has 1 amide bonds. The van der Waals surface area contributed by atoms with E-state index in [4.69, 9.17) is 0 Å². The Hall–Kier alpha value is -3.99. The molecule has 1 aliphatic heterocycles. The van der Waals surface area contributed by atoms with Crippen LogP contribution in [-0.2, 0) is 14.8 Å². The average Bonchev–Trinajstić information content (AvgIpc) is 3.34. The quantitative estimate of drug-likeness (QED) is 0.429. The van der Waals surface area contributed by atoms with Gasteiger partial charge >= 0.3 is 0 Å². The third-order valence-corrected chi connectivity index (χ3v) is 7.76. The lowest BCUT2D eigenvalue weighted by Crippen LogP contribution is -2.50. The molecule has 9 nitrogen and oxygen atoms in total. The zero-order valence-corrected chi connectivity index (χ0v) is 20.4. The number of carbonyl (C=O) groups is 1. The summed E-state index contributed by atoms with van der Waals surface area (Å²) in [7, 11) is -3.77. The number of benzene rings is 2. The van der Waals surface area contributed by atoms with E-state index in [1.165, 1.54) is 24.7 Å². The van der Waals surface area contributed by atoms with E-state index in [1.54, 1.807) is 52.9 Å². The summed E-state index contributed by atoms with van der Waals surface area (Å²) in [6, 6.07) is 14.2. The average molecular weight is 509 g/mol. The van der Waals surface area contributed by atoms with Crippen LogP contribution in [-0.4, -0.2) is 59.9 Å². The lowest BCUT2D eigenvalue weighted by Gasteiger charge is -2.37. The van der Waals surface area contributed by atoms with Crippen LogP contribution in [0.3, 0.4) is 0 Å². The van der Waals surface area contributed by atoms with Crippen LogP contribution in [0.15, 0.2) is 78.2 Å². The molecule has 1 saturated heterocycles. The minimum atomic E-state index is -3.77. The van der Waals surface area contributed by atoms with E-state index in [1.807, 2.05) is 12.1 Å². The van der Waals surface area contributed by atoms with Crippen molar-refractivity contribution in [3.05, 3.63) is 79.1 Å². The monoisotopic (exact) mass is 508 g/mol. The molecular weight excluding hydrogens is 483 g/mol. The molecule has 0 aliphatic carbocycles. The van der Waals surface area contributed by atoms with Gasteiger partial charge in [-0.15, -0.1) is 0 Å². The van der Waals surface area contributed by atoms with Gasteiger partial charge in [0.05, 0.1) is 10.4 Å². The minimum Gasteiger partial charge on any atom is -0.368 e. The molecule has 2 aromatic carbocycles. The SMILES string of the molecule is CC(C(=O)N1CCN(c2ccc(S(=O)(=O)Nc3ccncn3)cc2)CC1)n1ccc2cccc(F)c21. The molecule has 0 saturated carbocycles. The van der Waals surface area contributed by atoms with Crippen LogP contribution in [0, 0.1) is 5.82 Å². The van der Waals surface area contributed by atoms with Gasteiger partial charge in [0.1, 0.15) is 24.0 Å². The minimum absolute atomic E-state index is 0.0624. The largest absolute Gasteiger partial charge is 0.368 e. The first kappa shape index (κ1) is 23.7. The van der Waals surface area contributed by atoms with E-state index in [9.17, 15) is 17.6 Å². The molecule has 2 aromatic heterocycles. The van der Waals surface area contributed by atoms with Crippen molar-refractivity contribution < 1.29 is 17.6 Å². The van der Waals surface area contributed by atoms with Crippen molar-refractivity contribution in [2.24, 2.45) is 0 Å². The molecule has 36 heavy (non-hydrogen) atoms. The third-order valence-electron chi connectivity index (χ3n) is 6.39. The topological polar surface area (TPSA) is 100 Å². The van der Waals surface area contributed by atoms with E-state index in [2.05, 4.69) is 19.6 Å². The fourth-order valence-corrected chi connectivity index (χ4v) is 5.46. The molecule has 1 fully saturated rings. The van der Waals surface area contributed by atoms with E-state index in [0.29, 0.717) is 31.7 Å². The van der Waals surface area contributed by atoms with Gasteiger partial charge < -0.3 is 14.4 Å². The smallest absolute Gasteiger partial charge is 0.263 e. The summed E-state index contributed by atoms with van der Waals surface area (Å²) in [6.45, 7) is 4.02. The molecule has 1 unspecified atom stereocenters. The molecule has 1 atom stereocenters. The van der Waals surface area contributed by atoms with E-state index < -0.39 is 16.1 Å². The highest BCUT2D eigenvalue weighted by Gasteiger charge is 2.27. The summed E-state index contributed by atoms with van der Waals surface area (Å²) in [4.78, 5) is 24.9. The molecule has 186 valence electrons. The fourth-order valence-electron chi connectivity index (χ4n) is 4.45. The summed E-state index contributed by atoms with van der Waals surface area (Å²) in [6.07, 6.45) is 4.48. The number of halogens is 1. The van der Waals surface area contributed by atoms with Crippen LogP contribution in [0.5, 0.6) is 0 Å². The fraction of sp³-hybridized carbons (Fsp3) is 0.240. The van der Waals surface area contributed by atoms with Gasteiger partial charge in [0.2, 0.25) is 5.91 Å². The van der Waals surface area contributed by atoms with Gasteiger partial charge in [0.15, 0.2) is 0 Å². The molecular formula is C25H25FN6O3S. The number of aromatic nitrogens is 3. The lowest BCUT2D eigenvalue weighted by molar-refractivity contribution is -0.134. The first-order chi connectivity index (χ1) is 17.3. The summed E-state index contributed by atoms with van der Waals surface area (Å²) < 4.78 is 43.7. The number of piperazine rings is 1. The Bertz CT molecular complexity index is 1480. The zero-order chi connectivity index (χ0) is 25.3. The number of nitrogens with one attached hydrogen (secondary N) is 1. The van der Waals surface area contributed by atoms with Crippen molar-refractivity contribution in [2.45, 2.75) is 17.9 Å². The predicted octanol–water partition coefficient (Wildman–Crippen LogP) is 3.28. The predicted molar refractivity (Wildman–Crippen MR) is 135 cm³/mol. The number of carbonyl (C=O) groups excluding carboxylic acids is 1. The van der Waals surface area contributed by atoms with Crippen molar-refractivity contribution in [1.29, 1.82) is 0 Å². The maximum absolute atomic E-state index is 14.4. The van der Waals surface area contributed by atoms with Crippen LogP contribution in [0.2, 0.25) is 0 Å². The van der Waals surface area contributed by atoms with E-state index >= 15 is 0 Å². The highest BCUT2D eigenvalue weighted by atomic mass is 32.2. The highest BCUT2D eigenvalue weighted by molar-refractivity contribution is 7.92. The molecule has 0 bridgehead atoms. The van der Waals surface area contributed by atoms with Crippen LogP contribution >= 0.6 is 0 Å². The second kappa shape index (κ2) is 9.57. The van der Waals surface area contributed by atoms with Crippen molar-refractivity contribution in [3.63, 3.8) is 0 Å². The Kier molecular flexibility index (Phi) is 6.31. The van der Waals surface area contributed by atoms with Crippen LogP contribution in [0.4, 0.5) is 15.9 Å². The Balaban J connectivity index is 1.22. The Morgan fingerprint density at radius 1 is 1.03 bits per heavy atom. The molecule has 1 aliphatic rings. The van der Waals surface area contributed by atoms with Gasteiger partial charge in [-0.1, -0.05) is 12.1 Å². The molecule has 5 rings (SSSR count). The molecule has 1 N–H and O–H groups in total. The second-order valence-corrected chi connectivity index (χ2v) is 10.3. The molecule has 11 heteroatoms. The van der Waals surface area contributed by atoms with Gasteiger partial charge in [-0.3, -0.25) is 9.52 Å². The zero-order valence-electron chi connectivity index (χ0n) is 19.6. The maximum Gasteiger partial charge on any atom is 0.263 e. The van der Waals surface area contributed by atoms with Crippen molar-refractivity contribution >= 4 is 38.3 Å².